The summed E-state index contributed by atoms with van der Waals surface area (Å²) >= 11 is 6.10. The Hall–Kier alpha value is -3.17. The largest absolute Gasteiger partial charge is 0.434 e. The number of para-hydroxylation sites is 1. The summed E-state index contributed by atoms with van der Waals surface area (Å²) in [5, 5.41) is 2.58. The van der Waals surface area contributed by atoms with Gasteiger partial charge in [-0.2, -0.15) is 8.78 Å². The first-order chi connectivity index (χ1) is 15.2. The zero-order valence-electron chi connectivity index (χ0n) is 16.8. The number of aryl methyl sites for hydroxylation is 1. The zero-order valence-corrected chi connectivity index (χ0v) is 18.4. The van der Waals surface area contributed by atoms with E-state index in [1.54, 1.807) is 24.3 Å². The van der Waals surface area contributed by atoms with Crippen LogP contribution in [0.3, 0.4) is 0 Å². The second kappa shape index (κ2) is 9.97. The highest BCUT2D eigenvalue weighted by atomic mass is 35.5. The third-order valence-electron chi connectivity index (χ3n) is 4.39. The first-order valence-electron chi connectivity index (χ1n) is 9.35. The predicted molar refractivity (Wildman–Crippen MR) is 118 cm³/mol. The number of rotatable bonds is 8. The van der Waals surface area contributed by atoms with E-state index >= 15 is 0 Å². The SMILES string of the molecule is Cc1cccc(NS(=O)(=O)c2ccc(Cl)c(C(=O)NCc3ccccc3OC(F)F)c2)c1. The van der Waals surface area contributed by atoms with Gasteiger partial charge in [-0.15, -0.1) is 0 Å². The highest BCUT2D eigenvalue weighted by Gasteiger charge is 2.19. The van der Waals surface area contributed by atoms with Crippen molar-refractivity contribution in [2.45, 2.75) is 25.0 Å². The van der Waals surface area contributed by atoms with Gasteiger partial charge in [0.1, 0.15) is 5.75 Å². The standard InChI is InChI=1S/C22H19ClF2N2O4S/c1-14-5-4-7-16(11-14)27-32(29,30)17-9-10-19(23)18(12-17)21(28)26-13-15-6-2-3-8-20(15)31-22(24)25/h2-12,22,27H,13H2,1H3,(H,26,28). The van der Waals surface area contributed by atoms with E-state index in [2.05, 4.69) is 14.8 Å². The van der Waals surface area contributed by atoms with E-state index < -0.39 is 22.5 Å². The lowest BCUT2D eigenvalue weighted by Crippen LogP contribution is -2.24. The van der Waals surface area contributed by atoms with E-state index in [-0.39, 0.29) is 27.8 Å². The fourth-order valence-electron chi connectivity index (χ4n) is 2.90. The summed E-state index contributed by atoms with van der Waals surface area (Å²) in [5.74, 6) is -0.748. The second-order valence-electron chi connectivity index (χ2n) is 6.79. The lowest BCUT2D eigenvalue weighted by molar-refractivity contribution is -0.0504. The number of alkyl halides is 2. The molecule has 0 radical (unpaired) electrons. The average Bonchev–Trinajstić information content (AvgIpc) is 2.72. The average molecular weight is 481 g/mol. The number of benzene rings is 3. The van der Waals surface area contributed by atoms with Crippen LogP contribution < -0.4 is 14.8 Å². The summed E-state index contributed by atoms with van der Waals surface area (Å²) in [6, 6.07) is 16.5. The van der Waals surface area contributed by atoms with Crippen LogP contribution in [0.5, 0.6) is 5.75 Å². The molecule has 0 unspecified atom stereocenters. The molecular formula is C22H19ClF2N2O4S. The minimum atomic E-state index is -3.98. The number of anilines is 1. The van der Waals surface area contributed by atoms with Crippen molar-refractivity contribution in [3.8, 4) is 5.75 Å². The molecule has 0 saturated heterocycles. The van der Waals surface area contributed by atoms with Gasteiger partial charge in [0.15, 0.2) is 0 Å². The number of carbonyl (C=O) groups excluding carboxylic acids is 1. The van der Waals surface area contributed by atoms with Crippen LogP contribution in [0, 0.1) is 6.92 Å². The molecule has 0 bridgehead atoms. The maximum Gasteiger partial charge on any atom is 0.387 e. The first kappa shape index (κ1) is 23.5. The topological polar surface area (TPSA) is 84.5 Å². The molecule has 0 spiro atoms. The molecule has 0 aliphatic carbocycles. The van der Waals surface area contributed by atoms with Gasteiger partial charge >= 0.3 is 6.61 Å². The number of hydrogen-bond acceptors (Lipinski definition) is 4. The molecule has 0 atom stereocenters. The molecule has 0 aliphatic heterocycles. The van der Waals surface area contributed by atoms with Crippen LogP contribution in [-0.2, 0) is 16.6 Å². The van der Waals surface area contributed by atoms with Crippen LogP contribution in [0.15, 0.2) is 71.6 Å². The van der Waals surface area contributed by atoms with Gasteiger partial charge in [0, 0.05) is 17.8 Å². The van der Waals surface area contributed by atoms with Gasteiger partial charge in [0.05, 0.1) is 15.5 Å². The van der Waals surface area contributed by atoms with Gasteiger partial charge in [-0.1, -0.05) is 41.9 Å². The quantitative estimate of drug-likeness (QED) is 0.476. The van der Waals surface area contributed by atoms with Gasteiger partial charge in [-0.25, -0.2) is 8.42 Å². The van der Waals surface area contributed by atoms with Crippen molar-refractivity contribution in [3.63, 3.8) is 0 Å². The Bertz CT molecular complexity index is 1240. The van der Waals surface area contributed by atoms with Crippen LogP contribution in [0.1, 0.15) is 21.5 Å². The van der Waals surface area contributed by atoms with Crippen molar-refractivity contribution in [2.75, 3.05) is 4.72 Å². The third kappa shape index (κ3) is 5.95. The smallest absolute Gasteiger partial charge is 0.387 e. The molecule has 3 aromatic carbocycles. The molecule has 3 aromatic rings. The normalized spacial score (nSPS) is 11.3. The molecule has 168 valence electrons. The summed E-state index contributed by atoms with van der Waals surface area (Å²) in [5.41, 5.74) is 1.49. The van der Waals surface area contributed by atoms with E-state index in [1.807, 2.05) is 13.0 Å². The van der Waals surface area contributed by atoms with Crippen molar-refractivity contribution in [1.29, 1.82) is 0 Å². The van der Waals surface area contributed by atoms with Crippen LogP contribution in [0.25, 0.3) is 0 Å². The van der Waals surface area contributed by atoms with Crippen molar-refractivity contribution in [3.05, 3.63) is 88.4 Å². The van der Waals surface area contributed by atoms with Crippen LogP contribution in [0.4, 0.5) is 14.5 Å². The highest BCUT2D eigenvalue weighted by Crippen LogP contribution is 2.24. The Morgan fingerprint density at radius 2 is 1.81 bits per heavy atom. The summed E-state index contributed by atoms with van der Waals surface area (Å²) in [4.78, 5) is 12.5. The second-order valence-corrected chi connectivity index (χ2v) is 8.88. The van der Waals surface area contributed by atoms with Crippen LogP contribution in [-0.4, -0.2) is 20.9 Å². The van der Waals surface area contributed by atoms with Gasteiger partial charge in [-0.05, 0) is 48.9 Å². The summed E-state index contributed by atoms with van der Waals surface area (Å²) in [7, 11) is -3.98. The molecule has 10 heteroatoms. The molecule has 0 fully saturated rings. The lowest BCUT2D eigenvalue weighted by Gasteiger charge is -2.13. The van der Waals surface area contributed by atoms with E-state index in [0.29, 0.717) is 11.3 Å². The van der Waals surface area contributed by atoms with E-state index in [9.17, 15) is 22.0 Å². The summed E-state index contributed by atoms with van der Waals surface area (Å²) in [6.07, 6.45) is 0. The Morgan fingerprint density at radius 1 is 1.06 bits per heavy atom. The van der Waals surface area contributed by atoms with Gasteiger partial charge in [0.2, 0.25) is 0 Å². The number of nitrogens with one attached hydrogen (secondary N) is 2. The number of ether oxygens (including phenoxy) is 1. The van der Waals surface area contributed by atoms with Crippen LogP contribution in [0.2, 0.25) is 5.02 Å². The van der Waals surface area contributed by atoms with Crippen molar-refractivity contribution < 1.29 is 26.7 Å². The molecule has 0 saturated carbocycles. The van der Waals surface area contributed by atoms with E-state index in [1.165, 1.54) is 30.3 Å². The Balaban J connectivity index is 1.79. The minimum Gasteiger partial charge on any atom is -0.434 e. The fraction of sp³-hybridized carbons (Fsp3) is 0.136. The molecule has 2 N–H and O–H groups in total. The van der Waals surface area contributed by atoms with Crippen LogP contribution >= 0.6 is 11.6 Å². The maximum absolute atomic E-state index is 12.8. The number of halogens is 3. The molecule has 0 heterocycles. The van der Waals surface area contributed by atoms with E-state index in [0.717, 1.165) is 11.6 Å². The Kier molecular flexibility index (Phi) is 7.32. The number of hydrogen-bond donors (Lipinski definition) is 2. The molecule has 32 heavy (non-hydrogen) atoms. The monoisotopic (exact) mass is 480 g/mol. The van der Waals surface area contributed by atoms with Gasteiger partial charge in [-0.3, -0.25) is 9.52 Å². The van der Waals surface area contributed by atoms with Crippen molar-refractivity contribution >= 4 is 33.2 Å². The lowest BCUT2D eigenvalue weighted by atomic mass is 10.1. The summed E-state index contributed by atoms with van der Waals surface area (Å²) < 4.78 is 57.5. The fourth-order valence-corrected chi connectivity index (χ4v) is 4.18. The molecule has 6 nitrogen and oxygen atoms in total. The molecule has 0 aromatic heterocycles. The molecule has 3 rings (SSSR count). The summed E-state index contributed by atoms with van der Waals surface area (Å²) in [6.45, 7) is -1.31. The number of sulfonamides is 1. The molecule has 0 aliphatic rings. The number of carbonyl (C=O) groups is 1. The predicted octanol–water partition coefficient (Wildman–Crippen LogP) is 4.98. The third-order valence-corrected chi connectivity index (χ3v) is 6.10. The Morgan fingerprint density at radius 3 is 2.53 bits per heavy atom. The molecule has 1 amide bonds. The zero-order chi connectivity index (χ0) is 23.3. The van der Waals surface area contributed by atoms with Crippen molar-refractivity contribution in [1.82, 2.24) is 5.32 Å². The van der Waals surface area contributed by atoms with E-state index in [4.69, 9.17) is 11.6 Å². The maximum atomic E-state index is 12.8. The molecular weight excluding hydrogens is 462 g/mol. The number of amides is 1. The van der Waals surface area contributed by atoms with Gasteiger partial charge in [0.25, 0.3) is 15.9 Å². The minimum absolute atomic E-state index is 0.0362. The Labute approximate surface area is 189 Å². The van der Waals surface area contributed by atoms with Gasteiger partial charge < -0.3 is 10.1 Å². The van der Waals surface area contributed by atoms with Crippen molar-refractivity contribution in [2.24, 2.45) is 0 Å². The first-order valence-corrected chi connectivity index (χ1v) is 11.2. The highest BCUT2D eigenvalue weighted by molar-refractivity contribution is 7.92.